The molecule has 1 atom stereocenters. The third kappa shape index (κ3) is 3.43. The number of aryl methyl sites for hydroxylation is 1. The summed E-state index contributed by atoms with van der Waals surface area (Å²) < 4.78 is 23.0. The Bertz CT molecular complexity index is 843. The summed E-state index contributed by atoms with van der Waals surface area (Å²) in [5, 5.41) is 1.12. The molecule has 1 aromatic carbocycles. The summed E-state index contributed by atoms with van der Waals surface area (Å²) >= 11 is 0. The van der Waals surface area contributed by atoms with Crippen LogP contribution in [0.15, 0.2) is 24.4 Å². The lowest BCUT2D eigenvalue weighted by Crippen LogP contribution is -2.54. The number of alkyl halides is 1. The first-order chi connectivity index (χ1) is 13.0. The molecule has 1 unspecified atom stereocenters. The third-order valence-electron chi connectivity index (χ3n) is 5.97. The van der Waals surface area contributed by atoms with Crippen LogP contribution in [0.4, 0.5) is 4.39 Å². The van der Waals surface area contributed by atoms with E-state index in [0.717, 1.165) is 41.6 Å². The Morgan fingerprint density at radius 2 is 2.00 bits per heavy atom. The Morgan fingerprint density at radius 3 is 2.74 bits per heavy atom. The number of carbonyl (C=O) groups is 1. The molecule has 0 bridgehead atoms. The van der Waals surface area contributed by atoms with Gasteiger partial charge in [-0.05, 0) is 56.0 Å². The molecule has 2 aromatic rings. The van der Waals surface area contributed by atoms with Gasteiger partial charge in [-0.25, -0.2) is 4.39 Å². The van der Waals surface area contributed by atoms with Crippen molar-refractivity contribution in [2.75, 3.05) is 33.3 Å². The van der Waals surface area contributed by atoms with Gasteiger partial charge >= 0.3 is 0 Å². The van der Waals surface area contributed by atoms with Crippen molar-refractivity contribution in [1.29, 1.82) is 0 Å². The number of halogens is 1. The van der Waals surface area contributed by atoms with E-state index in [1.54, 1.807) is 12.0 Å². The maximum Gasteiger partial charge on any atom is 0.261 e. The molecule has 4 rings (SSSR count). The average Bonchev–Trinajstić information content (AvgIpc) is 3.30. The van der Waals surface area contributed by atoms with Crippen LogP contribution < -0.4 is 4.74 Å². The number of carbonyl (C=O) groups excluding carboxylic acids is 1. The van der Waals surface area contributed by atoms with Crippen molar-refractivity contribution in [3.63, 3.8) is 0 Å². The van der Waals surface area contributed by atoms with E-state index in [1.165, 1.54) is 0 Å². The number of ether oxygens (including phenoxy) is 1. The van der Waals surface area contributed by atoms with Gasteiger partial charge in [0.05, 0.1) is 7.11 Å². The lowest BCUT2D eigenvalue weighted by atomic mass is 9.92. The molecule has 0 radical (unpaired) electrons. The molecule has 2 aliphatic rings. The van der Waals surface area contributed by atoms with Gasteiger partial charge in [0.15, 0.2) is 0 Å². The van der Waals surface area contributed by atoms with Crippen molar-refractivity contribution in [3.05, 3.63) is 30.0 Å². The van der Waals surface area contributed by atoms with Crippen molar-refractivity contribution in [2.45, 2.75) is 37.9 Å². The Hall–Kier alpha value is -2.08. The van der Waals surface area contributed by atoms with E-state index in [9.17, 15) is 4.79 Å². The Balaban J connectivity index is 1.54. The maximum atomic E-state index is 15.6. The van der Waals surface area contributed by atoms with Gasteiger partial charge in [-0.3, -0.25) is 9.69 Å². The highest BCUT2D eigenvalue weighted by Gasteiger charge is 2.45. The summed E-state index contributed by atoms with van der Waals surface area (Å²) in [4.78, 5) is 16.5. The first-order valence-corrected chi connectivity index (χ1v) is 9.83. The molecule has 0 aliphatic carbocycles. The van der Waals surface area contributed by atoms with E-state index in [2.05, 4.69) is 15.7 Å². The van der Waals surface area contributed by atoms with E-state index in [4.69, 9.17) is 4.74 Å². The number of benzene rings is 1. The van der Waals surface area contributed by atoms with Crippen molar-refractivity contribution in [2.24, 2.45) is 7.05 Å². The molecule has 1 aromatic heterocycles. The molecule has 2 fully saturated rings. The summed E-state index contributed by atoms with van der Waals surface area (Å²) in [5.74, 6) is 0.516. The highest BCUT2D eigenvalue weighted by molar-refractivity contribution is 5.86. The number of piperidine rings is 1. The van der Waals surface area contributed by atoms with Crippen LogP contribution in [0.1, 0.15) is 31.2 Å². The van der Waals surface area contributed by atoms with Crippen LogP contribution in [0.25, 0.3) is 10.9 Å². The Morgan fingerprint density at radius 1 is 1.22 bits per heavy atom. The maximum absolute atomic E-state index is 15.6. The van der Waals surface area contributed by atoms with Crippen LogP contribution in [-0.4, -0.2) is 59.2 Å². The predicted octanol–water partition coefficient (Wildman–Crippen LogP) is 3.11. The van der Waals surface area contributed by atoms with Gasteiger partial charge in [0, 0.05) is 50.3 Å². The number of hydrogen-bond donors (Lipinski definition) is 0. The standard InChI is InChI=1S/C21H28FN3O2/c1-23-13-16(18-12-17(27-2)6-7-19(18)23)14-24-9-5-8-21(22,15-24)20(26)25-10-3-4-11-25/h6-7,12-13H,3-5,8-11,14-15H2,1-2H3. The zero-order valence-corrected chi connectivity index (χ0v) is 16.2. The summed E-state index contributed by atoms with van der Waals surface area (Å²) in [5.41, 5.74) is 0.525. The fourth-order valence-corrected chi connectivity index (χ4v) is 4.56. The van der Waals surface area contributed by atoms with Crippen LogP contribution in [-0.2, 0) is 18.4 Å². The van der Waals surface area contributed by atoms with Gasteiger partial charge in [-0.15, -0.1) is 0 Å². The van der Waals surface area contributed by atoms with Gasteiger partial charge in [-0.1, -0.05) is 0 Å². The fraction of sp³-hybridized carbons (Fsp3) is 0.571. The molecule has 2 aliphatic heterocycles. The quantitative estimate of drug-likeness (QED) is 0.826. The zero-order valence-electron chi connectivity index (χ0n) is 16.2. The van der Waals surface area contributed by atoms with Gasteiger partial charge in [-0.2, -0.15) is 0 Å². The average molecular weight is 373 g/mol. The molecule has 146 valence electrons. The number of likely N-dealkylation sites (tertiary alicyclic amines) is 2. The number of nitrogens with zero attached hydrogens (tertiary/aromatic N) is 3. The van der Waals surface area contributed by atoms with Gasteiger partial charge in [0.1, 0.15) is 5.75 Å². The molecular formula is C21H28FN3O2. The van der Waals surface area contributed by atoms with Crippen LogP contribution >= 0.6 is 0 Å². The number of aromatic nitrogens is 1. The normalized spacial score (nSPS) is 23.9. The van der Waals surface area contributed by atoms with E-state index >= 15 is 4.39 Å². The smallest absolute Gasteiger partial charge is 0.261 e. The number of fused-ring (bicyclic) bond motifs is 1. The number of amides is 1. The molecule has 3 heterocycles. The van der Waals surface area contributed by atoms with Crippen molar-refractivity contribution >= 4 is 16.8 Å². The lowest BCUT2D eigenvalue weighted by Gasteiger charge is -2.38. The molecule has 2 saturated heterocycles. The number of methoxy groups -OCH3 is 1. The lowest BCUT2D eigenvalue weighted by molar-refractivity contribution is -0.147. The van der Waals surface area contributed by atoms with E-state index in [1.807, 2.05) is 25.2 Å². The summed E-state index contributed by atoms with van der Waals surface area (Å²) in [6.07, 6.45) is 5.13. The molecule has 6 heteroatoms. The highest BCUT2D eigenvalue weighted by Crippen LogP contribution is 2.32. The predicted molar refractivity (Wildman–Crippen MR) is 104 cm³/mol. The van der Waals surface area contributed by atoms with E-state index < -0.39 is 5.67 Å². The minimum Gasteiger partial charge on any atom is -0.497 e. The molecule has 0 N–H and O–H groups in total. The van der Waals surface area contributed by atoms with Crippen molar-refractivity contribution < 1.29 is 13.9 Å². The second-order valence-corrected chi connectivity index (χ2v) is 7.93. The topological polar surface area (TPSA) is 37.7 Å². The molecule has 0 spiro atoms. The van der Waals surface area contributed by atoms with Gasteiger partial charge in [0.25, 0.3) is 5.91 Å². The van der Waals surface area contributed by atoms with Crippen LogP contribution in [0.2, 0.25) is 0 Å². The molecule has 1 amide bonds. The Kier molecular flexibility index (Phi) is 4.84. The second-order valence-electron chi connectivity index (χ2n) is 7.93. The van der Waals surface area contributed by atoms with Crippen LogP contribution in [0.3, 0.4) is 0 Å². The SMILES string of the molecule is COc1ccc2c(c1)c(CN1CCCC(F)(C(=O)N3CCCC3)C1)cn2C. The molecule has 0 saturated carbocycles. The second kappa shape index (κ2) is 7.15. The number of rotatable bonds is 4. The van der Waals surface area contributed by atoms with E-state index in [-0.39, 0.29) is 12.5 Å². The zero-order chi connectivity index (χ0) is 19.0. The van der Waals surface area contributed by atoms with Crippen LogP contribution in [0, 0.1) is 0 Å². The summed E-state index contributed by atoms with van der Waals surface area (Å²) in [6.45, 7) is 3.05. The van der Waals surface area contributed by atoms with Gasteiger partial charge < -0.3 is 14.2 Å². The van der Waals surface area contributed by atoms with E-state index in [0.29, 0.717) is 32.5 Å². The van der Waals surface area contributed by atoms with Crippen LogP contribution in [0.5, 0.6) is 5.75 Å². The number of hydrogen-bond acceptors (Lipinski definition) is 3. The largest absolute Gasteiger partial charge is 0.497 e. The van der Waals surface area contributed by atoms with Crippen molar-refractivity contribution in [3.8, 4) is 5.75 Å². The minimum absolute atomic E-state index is 0.183. The summed E-state index contributed by atoms with van der Waals surface area (Å²) in [7, 11) is 3.68. The highest BCUT2D eigenvalue weighted by atomic mass is 19.1. The first-order valence-electron chi connectivity index (χ1n) is 9.83. The molecule has 5 nitrogen and oxygen atoms in total. The third-order valence-corrected chi connectivity index (χ3v) is 5.97. The first kappa shape index (κ1) is 18.3. The molecule has 27 heavy (non-hydrogen) atoms. The Labute approximate surface area is 159 Å². The molecular weight excluding hydrogens is 345 g/mol. The van der Waals surface area contributed by atoms with Gasteiger partial charge in [0.2, 0.25) is 5.67 Å². The van der Waals surface area contributed by atoms with Crippen molar-refractivity contribution in [1.82, 2.24) is 14.4 Å². The monoisotopic (exact) mass is 373 g/mol. The minimum atomic E-state index is -1.75. The summed E-state index contributed by atoms with van der Waals surface area (Å²) in [6, 6.07) is 6.03. The fourth-order valence-electron chi connectivity index (χ4n) is 4.56.